The molecule has 20 heavy (non-hydrogen) atoms. The summed E-state index contributed by atoms with van der Waals surface area (Å²) in [4.78, 5) is -0.798. The predicted octanol–water partition coefficient (Wildman–Crippen LogP) is 1.08. The number of nitrogen functional groups attached to an aromatic ring is 1. The van der Waals surface area contributed by atoms with Crippen LogP contribution in [0.2, 0.25) is 0 Å². The lowest BCUT2D eigenvalue weighted by atomic mass is 9.92. The number of benzene rings is 1. The van der Waals surface area contributed by atoms with Gasteiger partial charge in [0, 0.05) is 18.8 Å². The van der Waals surface area contributed by atoms with Crippen LogP contribution in [0.1, 0.15) is 19.8 Å². The molecule has 0 spiro atoms. The molecule has 0 radical (unpaired) electrons. The minimum atomic E-state index is -4.19. The van der Waals surface area contributed by atoms with Gasteiger partial charge in [0.05, 0.1) is 5.60 Å². The Morgan fingerprint density at radius 2 is 2.00 bits per heavy atom. The minimum Gasteiger partial charge on any atom is -0.399 e. The number of anilines is 1. The molecule has 0 aromatic heterocycles. The van der Waals surface area contributed by atoms with Gasteiger partial charge in [-0.1, -0.05) is 13.3 Å². The van der Waals surface area contributed by atoms with Gasteiger partial charge in [-0.15, -0.1) is 0 Å². The molecule has 0 amide bonds. The highest BCUT2D eigenvalue weighted by atomic mass is 32.2. The molecular formula is C12H16F2N2O3S. The lowest BCUT2D eigenvalue weighted by molar-refractivity contribution is -0.0654. The van der Waals surface area contributed by atoms with Gasteiger partial charge < -0.3 is 10.8 Å². The predicted molar refractivity (Wildman–Crippen MR) is 69.4 cm³/mol. The molecule has 1 aromatic carbocycles. The normalized spacial score (nSPS) is 18.8. The number of sulfonamides is 1. The second-order valence-electron chi connectivity index (χ2n) is 5.06. The van der Waals surface area contributed by atoms with Gasteiger partial charge in [-0.3, -0.25) is 0 Å². The summed E-state index contributed by atoms with van der Waals surface area (Å²) in [6.45, 7) is 1.61. The van der Waals surface area contributed by atoms with Gasteiger partial charge in [0.1, 0.15) is 4.90 Å². The van der Waals surface area contributed by atoms with Crippen LogP contribution in [0.4, 0.5) is 14.5 Å². The van der Waals surface area contributed by atoms with E-state index in [1.165, 1.54) is 0 Å². The van der Waals surface area contributed by atoms with Crippen LogP contribution in [-0.4, -0.2) is 36.5 Å². The first kappa shape index (κ1) is 15.1. The third-order valence-electron chi connectivity index (χ3n) is 3.29. The monoisotopic (exact) mass is 306 g/mol. The Kier molecular flexibility index (Phi) is 3.74. The highest BCUT2D eigenvalue weighted by Crippen LogP contribution is 2.33. The summed E-state index contributed by atoms with van der Waals surface area (Å²) >= 11 is 0. The number of nitrogens with zero attached hydrogens (tertiary/aromatic N) is 1. The van der Waals surface area contributed by atoms with Crippen molar-refractivity contribution in [3.63, 3.8) is 0 Å². The van der Waals surface area contributed by atoms with Gasteiger partial charge in [-0.2, -0.15) is 4.31 Å². The second kappa shape index (κ2) is 4.94. The van der Waals surface area contributed by atoms with Crippen LogP contribution in [0.3, 0.4) is 0 Å². The van der Waals surface area contributed by atoms with Crippen LogP contribution in [0, 0.1) is 11.6 Å². The Morgan fingerprint density at radius 3 is 2.55 bits per heavy atom. The van der Waals surface area contributed by atoms with Crippen LogP contribution in [-0.2, 0) is 10.0 Å². The molecule has 2 rings (SSSR count). The van der Waals surface area contributed by atoms with Gasteiger partial charge in [0.2, 0.25) is 10.0 Å². The van der Waals surface area contributed by atoms with Crippen LogP contribution in [0.5, 0.6) is 0 Å². The fourth-order valence-corrected chi connectivity index (χ4v) is 4.02. The van der Waals surface area contributed by atoms with E-state index in [0.717, 1.165) is 16.4 Å². The molecule has 5 nitrogen and oxygen atoms in total. The Labute approximate surface area is 116 Å². The lowest BCUT2D eigenvalue weighted by Gasteiger charge is -2.45. The summed E-state index contributed by atoms with van der Waals surface area (Å²) in [5.74, 6) is -2.77. The van der Waals surface area contributed by atoms with Crippen LogP contribution in [0.15, 0.2) is 17.0 Å². The number of hydrogen-bond acceptors (Lipinski definition) is 4. The Bertz CT molecular complexity index is 628. The van der Waals surface area contributed by atoms with E-state index in [1.807, 2.05) is 6.92 Å². The van der Waals surface area contributed by atoms with E-state index in [2.05, 4.69) is 0 Å². The lowest BCUT2D eigenvalue weighted by Crippen LogP contribution is -2.63. The summed E-state index contributed by atoms with van der Waals surface area (Å²) in [5, 5.41) is 9.97. The molecule has 1 heterocycles. The second-order valence-corrected chi connectivity index (χ2v) is 6.97. The van der Waals surface area contributed by atoms with Crippen LogP contribution < -0.4 is 5.73 Å². The molecule has 1 aromatic rings. The van der Waals surface area contributed by atoms with Crippen molar-refractivity contribution >= 4 is 15.7 Å². The molecule has 1 fully saturated rings. The molecule has 0 bridgehead atoms. The van der Waals surface area contributed by atoms with E-state index in [1.54, 1.807) is 0 Å². The molecule has 0 aliphatic carbocycles. The maximum Gasteiger partial charge on any atom is 0.246 e. The highest BCUT2D eigenvalue weighted by molar-refractivity contribution is 7.89. The third kappa shape index (κ3) is 2.50. The maximum atomic E-state index is 13.6. The zero-order valence-corrected chi connectivity index (χ0v) is 11.8. The summed E-state index contributed by atoms with van der Waals surface area (Å²) in [7, 11) is -4.19. The van der Waals surface area contributed by atoms with E-state index in [0.29, 0.717) is 12.8 Å². The molecule has 0 atom stereocenters. The Balaban J connectivity index is 2.30. The van der Waals surface area contributed by atoms with Gasteiger partial charge >= 0.3 is 0 Å². The van der Waals surface area contributed by atoms with E-state index < -0.39 is 32.2 Å². The number of halogens is 2. The van der Waals surface area contributed by atoms with Crippen molar-refractivity contribution in [2.24, 2.45) is 0 Å². The number of rotatable bonds is 4. The van der Waals surface area contributed by atoms with Crippen LogP contribution in [0.25, 0.3) is 0 Å². The van der Waals surface area contributed by atoms with Crippen molar-refractivity contribution in [1.29, 1.82) is 0 Å². The summed E-state index contributed by atoms with van der Waals surface area (Å²) < 4.78 is 52.2. The van der Waals surface area contributed by atoms with Crippen LogP contribution >= 0.6 is 0 Å². The fraction of sp³-hybridized carbons (Fsp3) is 0.500. The average Bonchev–Trinajstić information content (AvgIpc) is 2.30. The number of β-amino-alcohol motifs (C(OH)–C–C–N with tert-alkyl or cyclic N) is 1. The number of nitrogens with two attached hydrogens (primary N) is 1. The van der Waals surface area contributed by atoms with E-state index in [4.69, 9.17) is 5.73 Å². The summed E-state index contributed by atoms with van der Waals surface area (Å²) in [5.41, 5.74) is 4.09. The highest BCUT2D eigenvalue weighted by Gasteiger charge is 2.47. The third-order valence-corrected chi connectivity index (χ3v) is 5.08. The first-order valence-electron chi connectivity index (χ1n) is 6.17. The van der Waals surface area contributed by atoms with Crippen molar-refractivity contribution in [3.05, 3.63) is 23.8 Å². The van der Waals surface area contributed by atoms with Crippen molar-refractivity contribution in [3.8, 4) is 0 Å². The molecule has 1 saturated heterocycles. The van der Waals surface area contributed by atoms with Crippen molar-refractivity contribution in [1.82, 2.24) is 4.31 Å². The first-order valence-corrected chi connectivity index (χ1v) is 7.61. The molecule has 0 unspecified atom stereocenters. The van der Waals surface area contributed by atoms with Gasteiger partial charge in [0.15, 0.2) is 11.6 Å². The number of aliphatic hydroxyl groups is 1. The quantitative estimate of drug-likeness (QED) is 0.815. The SMILES string of the molecule is CCCC1(O)CN(S(=O)(=O)c2cc(N)cc(F)c2F)C1. The zero-order valence-electron chi connectivity index (χ0n) is 10.9. The topological polar surface area (TPSA) is 83.6 Å². The van der Waals surface area contributed by atoms with Gasteiger partial charge in [0.25, 0.3) is 0 Å². The van der Waals surface area contributed by atoms with Gasteiger partial charge in [-0.25, -0.2) is 17.2 Å². The summed E-state index contributed by atoms with van der Waals surface area (Å²) in [6, 6.07) is 1.60. The maximum absolute atomic E-state index is 13.6. The minimum absolute atomic E-state index is 0.126. The molecule has 1 aliphatic rings. The van der Waals surface area contributed by atoms with Crippen molar-refractivity contribution in [2.45, 2.75) is 30.3 Å². The molecule has 0 saturated carbocycles. The van der Waals surface area contributed by atoms with E-state index in [9.17, 15) is 22.3 Å². The largest absolute Gasteiger partial charge is 0.399 e. The molecule has 112 valence electrons. The molecule has 8 heteroatoms. The van der Waals surface area contributed by atoms with Gasteiger partial charge in [-0.05, 0) is 18.6 Å². The average molecular weight is 306 g/mol. The first-order chi connectivity index (χ1) is 9.19. The van der Waals surface area contributed by atoms with E-state index in [-0.39, 0.29) is 18.8 Å². The molecular weight excluding hydrogens is 290 g/mol. The number of hydrogen-bond donors (Lipinski definition) is 2. The van der Waals surface area contributed by atoms with Crippen molar-refractivity contribution < 1.29 is 22.3 Å². The standard InChI is InChI=1S/C12H16F2N2O3S/c1-2-3-12(17)6-16(7-12)20(18,19)10-5-8(15)4-9(13)11(10)14/h4-5,17H,2-3,6-7,15H2,1H3. The van der Waals surface area contributed by atoms with Crippen molar-refractivity contribution in [2.75, 3.05) is 18.8 Å². The fourth-order valence-electron chi connectivity index (χ4n) is 2.31. The smallest absolute Gasteiger partial charge is 0.246 e. The Hall–Kier alpha value is -1.25. The summed E-state index contributed by atoms with van der Waals surface area (Å²) in [6.07, 6.45) is 1.15. The molecule has 1 aliphatic heterocycles. The van der Waals surface area contributed by atoms with E-state index >= 15 is 0 Å². The molecule has 3 N–H and O–H groups in total. The zero-order chi connectivity index (χ0) is 15.1. The Morgan fingerprint density at radius 1 is 1.40 bits per heavy atom.